The van der Waals surface area contributed by atoms with Crippen molar-refractivity contribution in [3.05, 3.63) is 0 Å². The van der Waals surface area contributed by atoms with Gasteiger partial charge in [0.2, 0.25) is 0 Å². The minimum absolute atomic E-state index is 0.207. The standard InChI is InChI=1S/C48H78O33/c1-4-7-22(55)73-40-31(64)46-70-20(14-53)38(40)80-48-33(66)42(75-24(57)9-6-3)39(21(15-54)72-48)81-47-32(65)41(74-23(56)8-5-2)37(19(13-52)71-47)79-45-30(63)27(60)35(17(11-50)69-45)77-43-28(61)25(58)34(16(10-49)67-43)76-44-29(62)26(59)36(78-46)18(12-51)68-44/h16-21,25-54,58-66H,4-15H2,1-3H3/t16-,17-,18-,19-,20-,21-,25-,26-,27-,28-,29-,30-,31-,32-,33-,34-,35-,36-,37+,38+,39+,40-,41-,42-,43-,44-,45-,46-,47-,48-/m1/s1. The molecule has 0 aromatic rings. The van der Waals surface area contributed by atoms with Crippen molar-refractivity contribution in [1.29, 1.82) is 0 Å². The van der Waals surface area contributed by atoms with Crippen LogP contribution in [0.3, 0.4) is 0 Å². The first kappa shape index (κ1) is 65.9. The molecule has 0 radical (unpaired) electrons. The molecule has 468 valence electrons. The van der Waals surface area contributed by atoms with Crippen molar-refractivity contribution in [2.75, 3.05) is 39.6 Å². The number of carbonyl (C=O) groups is 3. The van der Waals surface area contributed by atoms with E-state index >= 15 is 0 Å². The summed E-state index contributed by atoms with van der Waals surface area (Å²) in [5.41, 5.74) is 0. The summed E-state index contributed by atoms with van der Waals surface area (Å²) in [6.07, 6.45) is -59.9. The molecular formula is C48H78O33. The quantitative estimate of drug-likeness (QED) is 0.0535. The Morgan fingerprint density at radius 3 is 0.667 bits per heavy atom. The summed E-state index contributed by atoms with van der Waals surface area (Å²) in [7, 11) is 0. The van der Waals surface area contributed by atoms with Crippen LogP contribution in [0.5, 0.6) is 0 Å². The molecule has 12 bridgehead atoms. The first-order valence-electron chi connectivity index (χ1n) is 26.9. The first-order chi connectivity index (χ1) is 38.7. The van der Waals surface area contributed by atoms with E-state index in [0.29, 0.717) is 0 Å². The topological polar surface area (TPSA) is 493 Å². The molecule has 22 fully saturated rings. The van der Waals surface area contributed by atoms with Crippen LogP contribution >= 0.6 is 0 Å². The second kappa shape index (κ2) is 29.6. The number of aliphatic hydroxyl groups excluding tert-OH is 15. The van der Waals surface area contributed by atoms with Gasteiger partial charge in [-0.05, 0) is 19.3 Å². The van der Waals surface area contributed by atoms with Gasteiger partial charge in [0.1, 0.15) is 128 Å². The summed E-state index contributed by atoms with van der Waals surface area (Å²) >= 11 is 0. The normalized spacial score (nSPS) is 47.0. The number of hydrogen-bond acceptors (Lipinski definition) is 33. The third-order valence-corrected chi connectivity index (χ3v) is 14.8. The predicted octanol–water partition coefficient (Wildman–Crippen LogP) is -9.00. The highest BCUT2D eigenvalue weighted by Gasteiger charge is 2.60. The predicted molar refractivity (Wildman–Crippen MR) is 252 cm³/mol. The largest absolute Gasteiger partial charge is 0.456 e. The smallest absolute Gasteiger partial charge is 0.306 e. The van der Waals surface area contributed by atoms with Crippen LogP contribution in [0, 0.1) is 0 Å². The van der Waals surface area contributed by atoms with Crippen LogP contribution in [-0.2, 0) is 85.4 Å². The van der Waals surface area contributed by atoms with Gasteiger partial charge in [-0.1, -0.05) is 20.8 Å². The average Bonchev–Trinajstić information content (AvgIpc) is 3.45. The SMILES string of the molecule is CCCC(=O)O[C@@H]1[C@@H](O)[C@H]2O[C@@H]3[C@H](OC(=O)CCC)[C@@H](O)[C@@H](O[C@@H]4[C@H](OC(=O)CCC)[C@@H](O)[C@@H](O[C@H]5[C@H](O)[C@@H](O)[C@@H](O[C@H]6[C@H](O)[C@@H](O)[C@@H](O[C@H]7[C@H](O)[C@@H](O)[C@@H](O[C@H]1[C@@H](CO)O2)O[C@@H]7CO)O[C@@H]6CO)O[C@@H]5CO)O[C@@H]4CO)O[C@@H]3CO. The zero-order valence-corrected chi connectivity index (χ0v) is 44.4. The van der Waals surface area contributed by atoms with Crippen molar-refractivity contribution in [2.24, 2.45) is 0 Å². The molecule has 33 nitrogen and oxygen atoms in total. The van der Waals surface area contributed by atoms with E-state index in [2.05, 4.69) is 0 Å². The van der Waals surface area contributed by atoms with Crippen LogP contribution in [0.2, 0.25) is 0 Å². The molecule has 15 N–H and O–H groups in total. The van der Waals surface area contributed by atoms with Crippen LogP contribution in [0.25, 0.3) is 0 Å². The molecule has 0 amide bonds. The van der Waals surface area contributed by atoms with Gasteiger partial charge in [-0.3, -0.25) is 14.4 Å². The van der Waals surface area contributed by atoms with Crippen molar-refractivity contribution >= 4 is 17.9 Å². The molecule has 22 aliphatic heterocycles. The fraction of sp³-hybridized carbons (Fsp3) is 0.938. The molecule has 0 unspecified atom stereocenters. The van der Waals surface area contributed by atoms with E-state index in [-0.39, 0.29) is 38.5 Å². The Labute approximate surface area is 462 Å². The molecule has 0 aromatic heterocycles. The lowest BCUT2D eigenvalue weighted by molar-refractivity contribution is -0.404. The van der Waals surface area contributed by atoms with E-state index in [1.807, 2.05) is 0 Å². The fourth-order valence-electron chi connectivity index (χ4n) is 10.5. The van der Waals surface area contributed by atoms with E-state index in [0.717, 1.165) is 0 Å². The lowest BCUT2D eigenvalue weighted by atomic mass is 9.94. The van der Waals surface area contributed by atoms with E-state index in [1.54, 1.807) is 20.8 Å². The molecule has 0 aromatic carbocycles. The van der Waals surface area contributed by atoms with Gasteiger partial charge in [0.05, 0.1) is 39.6 Å². The Bertz CT molecular complexity index is 1950. The molecule has 0 saturated carbocycles. The Hall–Kier alpha value is -2.67. The minimum atomic E-state index is -2.22. The molecule has 22 heterocycles. The molecule has 22 saturated heterocycles. The van der Waals surface area contributed by atoms with Gasteiger partial charge >= 0.3 is 17.9 Å². The molecular weight excluding hydrogens is 1100 g/mol. The van der Waals surface area contributed by atoms with Crippen molar-refractivity contribution in [3.63, 3.8) is 0 Å². The van der Waals surface area contributed by atoms with Gasteiger partial charge in [-0.15, -0.1) is 0 Å². The van der Waals surface area contributed by atoms with Gasteiger partial charge in [-0.2, -0.15) is 0 Å². The maximum absolute atomic E-state index is 13.3. The minimum Gasteiger partial charge on any atom is -0.456 e. The number of aliphatic hydroxyl groups is 15. The lowest BCUT2D eigenvalue weighted by Crippen LogP contribution is -2.69. The van der Waals surface area contributed by atoms with Crippen molar-refractivity contribution in [1.82, 2.24) is 0 Å². The van der Waals surface area contributed by atoms with Crippen LogP contribution in [-0.4, -0.2) is 318 Å². The van der Waals surface area contributed by atoms with Crippen LogP contribution in [0.1, 0.15) is 59.3 Å². The molecule has 0 spiro atoms. The summed E-state index contributed by atoms with van der Waals surface area (Å²) in [5.74, 6) is -2.86. The highest BCUT2D eigenvalue weighted by molar-refractivity contribution is 5.70. The molecule has 22 aliphatic rings. The van der Waals surface area contributed by atoms with Crippen molar-refractivity contribution < 1.29 is 162 Å². The van der Waals surface area contributed by atoms with Crippen LogP contribution in [0.4, 0.5) is 0 Å². The summed E-state index contributed by atoms with van der Waals surface area (Å²) in [6.45, 7) is -1.43. The number of hydrogen-bond donors (Lipinski definition) is 15. The number of carbonyl (C=O) groups excluding carboxylic acids is 3. The molecule has 22 rings (SSSR count). The van der Waals surface area contributed by atoms with Gasteiger partial charge in [-0.25, -0.2) is 0 Å². The van der Waals surface area contributed by atoms with Crippen molar-refractivity contribution in [3.8, 4) is 0 Å². The lowest BCUT2D eigenvalue weighted by Gasteiger charge is -2.51. The Kier molecular flexibility index (Phi) is 24.1. The fourth-order valence-corrected chi connectivity index (χ4v) is 10.5. The number of rotatable bonds is 15. The summed E-state index contributed by atoms with van der Waals surface area (Å²) < 4.78 is 88.0. The number of esters is 3. The average molecular weight is 1180 g/mol. The molecule has 30 atom stereocenters. The molecule has 33 heteroatoms. The van der Waals surface area contributed by atoms with E-state index < -0.39 is 242 Å². The zero-order chi connectivity index (χ0) is 59.1. The second-order valence-electron chi connectivity index (χ2n) is 20.5. The van der Waals surface area contributed by atoms with Crippen LogP contribution < -0.4 is 0 Å². The second-order valence-corrected chi connectivity index (χ2v) is 20.5. The Balaban J connectivity index is 1.30. The summed E-state index contributed by atoms with van der Waals surface area (Å²) in [4.78, 5) is 39.8. The van der Waals surface area contributed by atoms with Crippen LogP contribution in [0.15, 0.2) is 0 Å². The van der Waals surface area contributed by atoms with E-state index in [4.69, 9.17) is 71.1 Å². The van der Waals surface area contributed by atoms with Gasteiger partial charge in [0.15, 0.2) is 56.1 Å². The zero-order valence-electron chi connectivity index (χ0n) is 44.4. The van der Waals surface area contributed by atoms with Gasteiger partial charge in [0, 0.05) is 19.3 Å². The maximum Gasteiger partial charge on any atom is 0.306 e. The highest BCUT2D eigenvalue weighted by atomic mass is 16.8. The Morgan fingerprint density at radius 1 is 0.284 bits per heavy atom. The first-order valence-corrected chi connectivity index (χ1v) is 26.9. The third-order valence-electron chi connectivity index (χ3n) is 14.8. The summed E-state index contributed by atoms with van der Waals surface area (Å²) in [6, 6.07) is 0. The van der Waals surface area contributed by atoms with Crippen molar-refractivity contribution in [2.45, 2.75) is 244 Å². The van der Waals surface area contributed by atoms with Gasteiger partial charge < -0.3 is 148 Å². The monoisotopic (exact) mass is 1180 g/mol. The maximum atomic E-state index is 13.3. The molecule has 81 heavy (non-hydrogen) atoms. The highest BCUT2D eigenvalue weighted by Crippen LogP contribution is 2.40. The molecule has 0 aliphatic carbocycles. The third kappa shape index (κ3) is 14.4. The number of ether oxygens (including phenoxy) is 15. The Morgan fingerprint density at radius 2 is 0.469 bits per heavy atom. The van der Waals surface area contributed by atoms with E-state index in [1.165, 1.54) is 0 Å². The van der Waals surface area contributed by atoms with Gasteiger partial charge in [0.25, 0.3) is 0 Å². The summed E-state index contributed by atoms with van der Waals surface area (Å²) in [5, 5.41) is 169. The van der Waals surface area contributed by atoms with E-state index in [9.17, 15) is 91.0 Å².